The molecule has 0 aliphatic carbocycles. The number of amides is 3. The van der Waals surface area contributed by atoms with Crippen LogP contribution in [0.1, 0.15) is 28.9 Å². The Morgan fingerprint density at radius 3 is 2.65 bits per heavy atom. The fraction of sp³-hybridized carbons (Fsp3) is 0.429. The second-order valence-electron chi connectivity index (χ2n) is 7.34. The van der Waals surface area contributed by atoms with Gasteiger partial charge in [-0.15, -0.1) is 0 Å². The minimum atomic E-state index is -0.371. The van der Waals surface area contributed by atoms with E-state index in [1.807, 2.05) is 25.1 Å². The van der Waals surface area contributed by atoms with Crippen LogP contribution in [-0.2, 0) is 16.1 Å². The van der Waals surface area contributed by atoms with E-state index >= 15 is 0 Å². The Hall–Kier alpha value is -3.56. The molecular formula is C21H24N4O6. The number of anilines is 1. The number of hydrogen-bond acceptors (Lipinski definition) is 7. The number of piperazine rings is 1. The smallest absolute Gasteiger partial charge is 0.409 e. The largest absolute Gasteiger partial charge is 0.482 e. The molecule has 31 heavy (non-hydrogen) atoms. The van der Waals surface area contributed by atoms with Gasteiger partial charge in [-0.3, -0.25) is 14.5 Å². The lowest BCUT2D eigenvalue weighted by Gasteiger charge is -2.33. The van der Waals surface area contributed by atoms with Gasteiger partial charge in [0.15, 0.2) is 12.3 Å². The summed E-state index contributed by atoms with van der Waals surface area (Å²) in [7, 11) is 0. The molecule has 0 spiro atoms. The summed E-state index contributed by atoms with van der Waals surface area (Å²) < 4.78 is 16.0. The molecule has 1 aromatic heterocycles. The molecule has 10 heteroatoms. The van der Waals surface area contributed by atoms with Crippen molar-refractivity contribution in [2.24, 2.45) is 0 Å². The van der Waals surface area contributed by atoms with E-state index in [0.29, 0.717) is 44.2 Å². The molecule has 10 nitrogen and oxygen atoms in total. The average Bonchev–Trinajstić information content (AvgIpc) is 3.24. The van der Waals surface area contributed by atoms with Gasteiger partial charge in [0, 0.05) is 26.2 Å². The molecule has 3 amide bonds. The van der Waals surface area contributed by atoms with Crippen LogP contribution in [0, 0.1) is 6.92 Å². The average molecular weight is 428 g/mol. The fourth-order valence-electron chi connectivity index (χ4n) is 3.57. The van der Waals surface area contributed by atoms with Crippen molar-refractivity contribution in [3.05, 3.63) is 41.6 Å². The van der Waals surface area contributed by atoms with Gasteiger partial charge in [-0.25, -0.2) is 9.78 Å². The minimum absolute atomic E-state index is 0.0622. The maximum atomic E-state index is 12.8. The monoisotopic (exact) mass is 428 g/mol. The Bertz CT molecular complexity index is 996. The van der Waals surface area contributed by atoms with E-state index in [0.717, 1.165) is 5.56 Å². The zero-order valence-electron chi connectivity index (χ0n) is 17.5. The molecule has 0 unspecified atom stereocenters. The summed E-state index contributed by atoms with van der Waals surface area (Å²) in [5.41, 5.74) is 1.81. The van der Waals surface area contributed by atoms with E-state index in [1.54, 1.807) is 21.6 Å². The lowest BCUT2D eigenvalue weighted by Crippen LogP contribution is -2.50. The lowest BCUT2D eigenvalue weighted by atomic mass is 10.1. The Morgan fingerprint density at radius 2 is 1.90 bits per heavy atom. The Balaban J connectivity index is 1.41. The first-order valence-electron chi connectivity index (χ1n) is 10.2. The van der Waals surface area contributed by atoms with Crippen LogP contribution in [0.25, 0.3) is 0 Å². The summed E-state index contributed by atoms with van der Waals surface area (Å²) in [5, 5.41) is 0. The molecule has 0 bridgehead atoms. The first-order valence-corrected chi connectivity index (χ1v) is 10.2. The molecule has 4 rings (SSSR count). The Kier molecular flexibility index (Phi) is 5.79. The van der Waals surface area contributed by atoms with Crippen molar-refractivity contribution in [3.8, 4) is 5.75 Å². The van der Waals surface area contributed by atoms with E-state index < -0.39 is 0 Å². The number of rotatable bonds is 4. The number of aryl methyl sites for hydroxylation is 1. The third-order valence-electron chi connectivity index (χ3n) is 5.21. The van der Waals surface area contributed by atoms with Crippen molar-refractivity contribution in [3.63, 3.8) is 0 Å². The van der Waals surface area contributed by atoms with Crippen LogP contribution < -0.4 is 9.64 Å². The van der Waals surface area contributed by atoms with Gasteiger partial charge < -0.3 is 23.7 Å². The van der Waals surface area contributed by atoms with E-state index in [4.69, 9.17) is 13.9 Å². The van der Waals surface area contributed by atoms with Crippen molar-refractivity contribution < 1.29 is 28.3 Å². The molecule has 0 N–H and O–H groups in total. The third-order valence-corrected chi connectivity index (χ3v) is 5.21. The van der Waals surface area contributed by atoms with Gasteiger partial charge >= 0.3 is 6.09 Å². The standard InChI is InChI=1S/C21H24N4O6/c1-3-29-21(28)24-8-6-23(7-9-24)20(27)15-12-31-18(22-15)11-25-16-10-14(2)4-5-17(16)30-13-19(25)26/h4-5,10,12H,3,6-9,11,13H2,1-2H3. The van der Waals surface area contributed by atoms with Crippen molar-refractivity contribution in [2.45, 2.75) is 20.4 Å². The minimum Gasteiger partial charge on any atom is -0.482 e. The number of carbonyl (C=O) groups is 3. The molecule has 2 aliphatic heterocycles. The first-order chi connectivity index (χ1) is 15.0. The predicted molar refractivity (Wildman–Crippen MR) is 109 cm³/mol. The molecule has 2 aromatic rings. The van der Waals surface area contributed by atoms with Crippen molar-refractivity contribution >= 4 is 23.6 Å². The summed E-state index contributed by atoms with van der Waals surface area (Å²) in [6.07, 6.45) is 0.932. The summed E-state index contributed by atoms with van der Waals surface area (Å²) >= 11 is 0. The van der Waals surface area contributed by atoms with Crippen LogP contribution in [0.5, 0.6) is 5.75 Å². The molecule has 1 aromatic carbocycles. The van der Waals surface area contributed by atoms with Crippen LogP contribution in [0.2, 0.25) is 0 Å². The van der Waals surface area contributed by atoms with Gasteiger partial charge in [0.25, 0.3) is 11.8 Å². The maximum Gasteiger partial charge on any atom is 0.409 e. The zero-order valence-corrected chi connectivity index (χ0v) is 17.5. The van der Waals surface area contributed by atoms with E-state index in [9.17, 15) is 14.4 Å². The van der Waals surface area contributed by atoms with Crippen LogP contribution in [0.4, 0.5) is 10.5 Å². The van der Waals surface area contributed by atoms with Gasteiger partial charge in [0.05, 0.1) is 12.3 Å². The number of aromatic nitrogens is 1. The highest BCUT2D eigenvalue weighted by Gasteiger charge is 2.29. The molecule has 0 radical (unpaired) electrons. The van der Waals surface area contributed by atoms with Gasteiger partial charge in [0.1, 0.15) is 18.6 Å². The summed E-state index contributed by atoms with van der Waals surface area (Å²) in [4.78, 5) is 46.0. The predicted octanol–water partition coefficient (Wildman–Crippen LogP) is 1.82. The quantitative estimate of drug-likeness (QED) is 0.731. The molecule has 1 fully saturated rings. The number of carbonyl (C=O) groups excluding carboxylic acids is 3. The van der Waals surface area contributed by atoms with Crippen molar-refractivity contribution in [2.75, 3.05) is 44.3 Å². The third kappa shape index (κ3) is 4.32. The SMILES string of the molecule is CCOC(=O)N1CCN(C(=O)c2coc(CN3C(=O)COc4ccc(C)cc43)n2)CC1. The van der Waals surface area contributed by atoms with Crippen molar-refractivity contribution in [1.29, 1.82) is 0 Å². The zero-order chi connectivity index (χ0) is 22.0. The van der Waals surface area contributed by atoms with E-state index in [2.05, 4.69) is 4.98 Å². The molecule has 0 atom stereocenters. The van der Waals surface area contributed by atoms with Crippen LogP contribution in [0.3, 0.4) is 0 Å². The van der Waals surface area contributed by atoms with Crippen LogP contribution in [-0.4, -0.2) is 72.1 Å². The highest BCUT2D eigenvalue weighted by Crippen LogP contribution is 2.33. The second-order valence-corrected chi connectivity index (χ2v) is 7.34. The van der Waals surface area contributed by atoms with Gasteiger partial charge in [-0.05, 0) is 31.5 Å². The summed E-state index contributed by atoms with van der Waals surface area (Å²) in [6, 6.07) is 5.60. The maximum absolute atomic E-state index is 12.8. The van der Waals surface area contributed by atoms with Crippen molar-refractivity contribution in [1.82, 2.24) is 14.8 Å². The molecule has 164 valence electrons. The Morgan fingerprint density at radius 1 is 1.16 bits per heavy atom. The topological polar surface area (TPSA) is 105 Å². The number of hydrogen-bond donors (Lipinski definition) is 0. The molecule has 1 saturated heterocycles. The van der Waals surface area contributed by atoms with Gasteiger partial charge in [-0.2, -0.15) is 0 Å². The highest BCUT2D eigenvalue weighted by molar-refractivity contribution is 5.97. The van der Waals surface area contributed by atoms with E-state index in [-0.39, 0.29) is 42.6 Å². The molecule has 3 heterocycles. The lowest BCUT2D eigenvalue weighted by molar-refractivity contribution is -0.121. The fourth-order valence-corrected chi connectivity index (χ4v) is 3.57. The number of fused-ring (bicyclic) bond motifs is 1. The van der Waals surface area contributed by atoms with Crippen LogP contribution >= 0.6 is 0 Å². The number of ether oxygens (including phenoxy) is 2. The first kappa shape index (κ1) is 20.7. The molecule has 0 saturated carbocycles. The van der Waals surface area contributed by atoms with Crippen LogP contribution in [0.15, 0.2) is 28.9 Å². The van der Waals surface area contributed by atoms with Gasteiger partial charge in [-0.1, -0.05) is 6.07 Å². The summed E-state index contributed by atoms with van der Waals surface area (Å²) in [6.45, 7) is 5.60. The number of nitrogens with zero attached hydrogens (tertiary/aromatic N) is 4. The van der Waals surface area contributed by atoms with Gasteiger partial charge in [0.2, 0.25) is 5.89 Å². The molecular weight excluding hydrogens is 404 g/mol. The Labute approximate surface area is 179 Å². The highest BCUT2D eigenvalue weighted by atomic mass is 16.6. The van der Waals surface area contributed by atoms with E-state index in [1.165, 1.54) is 6.26 Å². The second kappa shape index (κ2) is 8.66. The summed E-state index contributed by atoms with van der Waals surface area (Å²) in [5.74, 6) is 0.395. The number of oxazole rings is 1. The molecule has 2 aliphatic rings. The normalized spacial score (nSPS) is 16.1. The number of benzene rings is 1.